The van der Waals surface area contributed by atoms with Crippen LogP contribution in [0.5, 0.6) is 5.75 Å². The molecule has 1 N–H and O–H groups in total. The number of nitrogens with zero attached hydrogens (tertiary/aromatic N) is 2. The Morgan fingerprint density at radius 3 is 3.05 bits per heavy atom. The van der Waals surface area contributed by atoms with E-state index >= 15 is 0 Å². The van der Waals surface area contributed by atoms with E-state index in [1.54, 1.807) is 18.0 Å². The second kappa shape index (κ2) is 8.20. The van der Waals surface area contributed by atoms with E-state index in [4.69, 9.17) is 9.84 Å². The number of hydrogen-bond donors (Lipinski definition) is 1. The molecule has 1 heterocycles. The Bertz CT molecular complexity index is 594. The second-order valence-electron chi connectivity index (χ2n) is 3.73. The van der Waals surface area contributed by atoms with Crippen LogP contribution in [-0.4, -0.2) is 34.0 Å². The van der Waals surface area contributed by atoms with Crippen LogP contribution in [0.4, 0.5) is 0 Å². The molecule has 20 heavy (non-hydrogen) atoms. The van der Waals surface area contributed by atoms with Crippen LogP contribution in [0.1, 0.15) is 5.56 Å². The molecule has 0 saturated carbocycles. The molecule has 0 spiro atoms. The minimum absolute atomic E-state index is 0.138. The summed E-state index contributed by atoms with van der Waals surface area (Å²) in [6.45, 7) is 0.451. The molecule has 0 aliphatic heterocycles. The van der Waals surface area contributed by atoms with Crippen molar-refractivity contribution >= 4 is 11.8 Å². The summed E-state index contributed by atoms with van der Waals surface area (Å²) in [6.07, 6.45) is 3.26. The second-order valence-corrected chi connectivity index (χ2v) is 4.85. The van der Waals surface area contributed by atoms with Gasteiger partial charge < -0.3 is 9.84 Å². The molecule has 102 valence electrons. The van der Waals surface area contributed by atoms with E-state index in [1.807, 2.05) is 30.3 Å². The van der Waals surface area contributed by atoms with Gasteiger partial charge in [0.05, 0.1) is 11.6 Å². The van der Waals surface area contributed by atoms with Crippen LogP contribution in [0.2, 0.25) is 0 Å². The molecule has 0 saturated heterocycles. The van der Waals surface area contributed by atoms with Crippen LogP contribution in [0.25, 0.3) is 0 Å². The van der Waals surface area contributed by atoms with Crippen LogP contribution >= 0.6 is 11.8 Å². The average molecular weight is 286 g/mol. The molecule has 2 aromatic rings. The molecule has 0 bridgehead atoms. The maximum Gasteiger partial charge on any atom is 0.120 e. The summed E-state index contributed by atoms with van der Waals surface area (Å²) in [5.41, 5.74) is 0.833. The van der Waals surface area contributed by atoms with Gasteiger partial charge in [-0.2, -0.15) is 0 Å². The maximum atomic E-state index is 8.66. The van der Waals surface area contributed by atoms with Gasteiger partial charge >= 0.3 is 0 Å². The highest BCUT2D eigenvalue weighted by atomic mass is 32.2. The van der Waals surface area contributed by atoms with Gasteiger partial charge in [-0.05, 0) is 24.3 Å². The molecule has 2 rings (SSSR count). The Morgan fingerprint density at radius 2 is 2.25 bits per heavy atom. The first-order valence-corrected chi connectivity index (χ1v) is 7.08. The molecule has 0 radical (unpaired) electrons. The summed E-state index contributed by atoms with van der Waals surface area (Å²) < 4.78 is 5.65. The highest BCUT2D eigenvalue weighted by Gasteiger charge is 1.97. The third-order valence-electron chi connectivity index (χ3n) is 2.30. The number of ether oxygens (including phenoxy) is 1. The summed E-state index contributed by atoms with van der Waals surface area (Å²) >= 11 is 1.62. The fourth-order valence-corrected chi connectivity index (χ4v) is 2.13. The first-order chi connectivity index (χ1) is 9.88. The van der Waals surface area contributed by atoms with E-state index < -0.39 is 0 Å². The van der Waals surface area contributed by atoms with Crippen molar-refractivity contribution in [3.8, 4) is 17.6 Å². The lowest BCUT2D eigenvalue weighted by Gasteiger charge is -2.06. The first kappa shape index (κ1) is 14.4. The van der Waals surface area contributed by atoms with Crippen LogP contribution in [-0.2, 0) is 0 Å². The summed E-state index contributed by atoms with van der Waals surface area (Å²) in [5.74, 6) is 7.05. The molecule has 1 aromatic heterocycles. The van der Waals surface area contributed by atoms with Gasteiger partial charge in [0.1, 0.15) is 18.7 Å². The van der Waals surface area contributed by atoms with E-state index in [2.05, 4.69) is 21.8 Å². The van der Waals surface area contributed by atoms with Crippen molar-refractivity contribution in [1.82, 2.24) is 9.97 Å². The fraction of sp³-hybridized carbons (Fsp3) is 0.200. The van der Waals surface area contributed by atoms with Crippen LogP contribution in [0.15, 0.2) is 47.9 Å². The Kier molecular flexibility index (Phi) is 5.90. The lowest BCUT2D eigenvalue weighted by atomic mass is 10.2. The zero-order valence-electron chi connectivity index (χ0n) is 10.8. The van der Waals surface area contributed by atoms with Gasteiger partial charge in [-0.1, -0.05) is 17.9 Å². The van der Waals surface area contributed by atoms with Gasteiger partial charge in [-0.25, -0.2) is 9.97 Å². The van der Waals surface area contributed by atoms with Crippen molar-refractivity contribution in [3.63, 3.8) is 0 Å². The van der Waals surface area contributed by atoms with Gasteiger partial charge in [0.15, 0.2) is 0 Å². The zero-order valence-corrected chi connectivity index (χ0v) is 11.6. The van der Waals surface area contributed by atoms with Crippen LogP contribution < -0.4 is 4.74 Å². The Hall–Kier alpha value is -2.03. The van der Waals surface area contributed by atoms with Gasteiger partial charge in [-0.15, -0.1) is 11.8 Å². The minimum Gasteiger partial charge on any atom is -0.493 e. The van der Waals surface area contributed by atoms with Crippen molar-refractivity contribution in [2.45, 2.75) is 5.03 Å². The van der Waals surface area contributed by atoms with E-state index in [1.165, 1.54) is 6.33 Å². The molecule has 0 amide bonds. The van der Waals surface area contributed by atoms with E-state index in [-0.39, 0.29) is 6.61 Å². The largest absolute Gasteiger partial charge is 0.493 e. The Balaban J connectivity index is 1.79. The molecule has 1 aromatic carbocycles. The van der Waals surface area contributed by atoms with Crippen molar-refractivity contribution in [3.05, 3.63) is 48.4 Å². The lowest BCUT2D eigenvalue weighted by molar-refractivity contribution is 0.344. The van der Waals surface area contributed by atoms with E-state index in [0.717, 1.165) is 22.1 Å². The van der Waals surface area contributed by atoms with Gasteiger partial charge in [0.2, 0.25) is 0 Å². The number of aromatic nitrogens is 2. The van der Waals surface area contributed by atoms with Crippen molar-refractivity contribution < 1.29 is 9.84 Å². The molecular weight excluding hydrogens is 272 g/mol. The summed E-state index contributed by atoms with van der Waals surface area (Å²) in [6, 6.07) is 9.38. The minimum atomic E-state index is -0.138. The number of rotatable bonds is 5. The average Bonchev–Trinajstić information content (AvgIpc) is 2.51. The van der Waals surface area contributed by atoms with Crippen molar-refractivity contribution in [1.29, 1.82) is 0 Å². The number of hydrogen-bond acceptors (Lipinski definition) is 5. The molecule has 0 aliphatic carbocycles. The fourth-order valence-electron chi connectivity index (χ4n) is 1.47. The van der Waals surface area contributed by atoms with Gasteiger partial charge in [0, 0.05) is 17.5 Å². The molecule has 0 fully saturated rings. The summed E-state index contributed by atoms with van der Waals surface area (Å²) in [5, 5.41) is 9.60. The monoisotopic (exact) mass is 286 g/mol. The number of aliphatic hydroxyl groups excluding tert-OH is 1. The quantitative estimate of drug-likeness (QED) is 0.394. The predicted molar refractivity (Wildman–Crippen MR) is 78.7 cm³/mol. The molecule has 0 atom stereocenters. The lowest BCUT2D eigenvalue weighted by Crippen LogP contribution is -2.00. The number of benzene rings is 1. The molecule has 0 unspecified atom stereocenters. The highest BCUT2D eigenvalue weighted by molar-refractivity contribution is 7.99. The Morgan fingerprint density at radius 1 is 1.30 bits per heavy atom. The standard InChI is InChI=1S/C15H14N2O2S/c18-8-2-4-13-3-1-5-14(11-13)19-9-10-20-15-6-7-16-12-17-15/h1,3,5-7,11-12,18H,8-10H2. The topological polar surface area (TPSA) is 55.2 Å². The molecule has 0 aliphatic rings. The third-order valence-corrected chi connectivity index (χ3v) is 3.21. The smallest absolute Gasteiger partial charge is 0.120 e. The normalized spacial score (nSPS) is 9.65. The predicted octanol–water partition coefficient (Wildman–Crippen LogP) is 1.99. The third kappa shape index (κ3) is 4.92. The van der Waals surface area contributed by atoms with E-state index in [0.29, 0.717) is 6.61 Å². The molecular formula is C15H14N2O2S. The van der Waals surface area contributed by atoms with Crippen LogP contribution in [0, 0.1) is 11.8 Å². The van der Waals surface area contributed by atoms with E-state index in [9.17, 15) is 0 Å². The first-order valence-electron chi connectivity index (χ1n) is 6.10. The van der Waals surface area contributed by atoms with Crippen molar-refractivity contribution in [2.24, 2.45) is 0 Å². The van der Waals surface area contributed by atoms with Gasteiger partial charge in [-0.3, -0.25) is 0 Å². The Labute approximate surface area is 122 Å². The molecule has 4 nitrogen and oxygen atoms in total. The number of aliphatic hydroxyl groups is 1. The van der Waals surface area contributed by atoms with Crippen LogP contribution in [0.3, 0.4) is 0 Å². The summed E-state index contributed by atoms with van der Waals surface area (Å²) in [7, 11) is 0. The highest BCUT2D eigenvalue weighted by Crippen LogP contribution is 2.15. The summed E-state index contributed by atoms with van der Waals surface area (Å²) in [4.78, 5) is 7.99. The number of thioether (sulfide) groups is 1. The van der Waals surface area contributed by atoms with Crippen molar-refractivity contribution in [2.75, 3.05) is 19.0 Å². The molecule has 5 heteroatoms. The zero-order chi connectivity index (χ0) is 14.0. The maximum absolute atomic E-state index is 8.66. The SMILES string of the molecule is OCC#Cc1cccc(OCCSc2ccncn2)c1. The van der Waals surface area contributed by atoms with Gasteiger partial charge in [0.25, 0.3) is 0 Å².